The lowest BCUT2D eigenvalue weighted by Crippen LogP contribution is -2.49. The van der Waals surface area contributed by atoms with Crippen LogP contribution < -0.4 is 15.5 Å². The van der Waals surface area contributed by atoms with E-state index in [1.54, 1.807) is 23.1 Å². The van der Waals surface area contributed by atoms with E-state index in [1.165, 1.54) is 23.3 Å². The highest BCUT2D eigenvalue weighted by Crippen LogP contribution is 2.41. The van der Waals surface area contributed by atoms with Gasteiger partial charge in [-0.25, -0.2) is 14.6 Å². The highest BCUT2D eigenvalue weighted by molar-refractivity contribution is 5.85. The summed E-state index contributed by atoms with van der Waals surface area (Å²) in [7, 11) is 0. The number of pyridine rings is 1. The average molecular weight is 843 g/mol. The molecular weight excluding hydrogens is 802 g/mol. The molecule has 318 valence electrons. The van der Waals surface area contributed by atoms with Gasteiger partial charge >= 0.3 is 18.2 Å². The number of imidazole rings is 1. The number of benzene rings is 2. The highest BCUT2D eigenvalue weighted by Gasteiger charge is 2.48. The Bertz CT molecular complexity index is 2400. The molecule has 2 amide bonds. The van der Waals surface area contributed by atoms with Gasteiger partial charge in [0.15, 0.2) is 29.0 Å². The van der Waals surface area contributed by atoms with Crippen LogP contribution in [0, 0.1) is 0 Å². The summed E-state index contributed by atoms with van der Waals surface area (Å²) in [6, 6.07) is 22.5. The summed E-state index contributed by atoms with van der Waals surface area (Å²) in [5.74, 6) is -2.12. The van der Waals surface area contributed by atoms with Gasteiger partial charge in [-0.2, -0.15) is 23.1 Å². The number of hydrogen-bond acceptors (Lipinski definition) is 14. The number of nitrogens with zero attached hydrogens (tertiary/aromatic N) is 8. The average Bonchev–Trinajstić information content (AvgIpc) is 4.10. The smallest absolute Gasteiger partial charge is 0.387 e. The Kier molecular flexibility index (Phi) is 11.8. The fourth-order valence-electron chi connectivity index (χ4n) is 7.40. The van der Waals surface area contributed by atoms with Gasteiger partial charge < -0.3 is 39.8 Å². The molecule has 0 spiro atoms. The lowest BCUT2D eigenvalue weighted by Gasteiger charge is -2.27. The first kappa shape index (κ1) is 41.1. The third-order valence-electron chi connectivity index (χ3n) is 10.6. The molecule has 20 heteroatoms. The highest BCUT2D eigenvalue weighted by atomic mass is 19.4. The maximum absolute atomic E-state index is 13.5. The Morgan fingerprint density at radius 3 is 2.36 bits per heavy atom. The topological polar surface area (TPSA) is 206 Å². The summed E-state index contributed by atoms with van der Waals surface area (Å²) in [6.45, 7) is 2.14. The van der Waals surface area contributed by atoms with Crippen LogP contribution in [-0.4, -0.2) is 101 Å². The number of aryl methyl sites for hydroxylation is 1. The molecule has 0 aliphatic carbocycles. The van der Waals surface area contributed by atoms with Crippen molar-refractivity contribution in [3.8, 4) is 0 Å². The van der Waals surface area contributed by atoms with Gasteiger partial charge in [-0.15, -0.1) is 5.06 Å². The van der Waals surface area contributed by atoms with Gasteiger partial charge in [0.25, 0.3) is 0 Å². The van der Waals surface area contributed by atoms with E-state index in [-0.39, 0.29) is 60.7 Å². The van der Waals surface area contributed by atoms with Crippen LogP contribution in [0.5, 0.6) is 0 Å². The number of aliphatic hydroxyl groups excluding tert-OH is 2. The Hall–Kier alpha value is -6.64. The monoisotopic (exact) mass is 842 g/mol. The Morgan fingerprint density at radius 2 is 1.70 bits per heavy atom. The van der Waals surface area contributed by atoms with E-state index in [9.17, 15) is 33.0 Å². The van der Waals surface area contributed by atoms with Gasteiger partial charge in [0.05, 0.1) is 18.1 Å². The second kappa shape index (κ2) is 17.5. The first-order valence-corrected chi connectivity index (χ1v) is 19.5. The molecule has 61 heavy (non-hydrogen) atoms. The maximum Gasteiger partial charge on any atom is 0.493 e. The summed E-state index contributed by atoms with van der Waals surface area (Å²) in [6.07, 6.45) is -5.50. The predicted octanol–water partition coefficient (Wildman–Crippen LogP) is 4.82. The van der Waals surface area contributed by atoms with Gasteiger partial charge in [0.1, 0.15) is 18.3 Å². The number of carbonyl (C=O) groups is 2. The van der Waals surface area contributed by atoms with Crippen molar-refractivity contribution in [1.29, 1.82) is 0 Å². The zero-order valence-electron chi connectivity index (χ0n) is 32.6. The summed E-state index contributed by atoms with van der Waals surface area (Å²) < 4.78 is 53.5. The van der Waals surface area contributed by atoms with Crippen molar-refractivity contribution in [3.05, 3.63) is 126 Å². The minimum absolute atomic E-state index is 0.0660. The Balaban J connectivity index is 1.13. The second-order valence-electron chi connectivity index (χ2n) is 14.6. The van der Waals surface area contributed by atoms with Crippen molar-refractivity contribution in [2.45, 2.75) is 69.0 Å². The van der Waals surface area contributed by atoms with Gasteiger partial charge in [0, 0.05) is 50.6 Å². The number of hydrogen-bond donors (Lipinski definition) is 4. The number of fused-ring (bicyclic) bond motifs is 1. The zero-order chi connectivity index (χ0) is 42.7. The van der Waals surface area contributed by atoms with Crippen molar-refractivity contribution < 1.29 is 47.1 Å². The van der Waals surface area contributed by atoms with Gasteiger partial charge in [-0.05, 0) is 41.7 Å². The first-order chi connectivity index (χ1) is 29.5. The van der Waals surface area contributed by atoms with Crippen LogP contribution >= 0.6 is 0 Å². The molecule has 5 atom stereocenters. The molecule has 6 aromatic rings. The van der Waals surface area contributed by atoms with E-state index in [1.807, 2.05) is 67.6 Å². The molecule has 2 aliphatic heterocycles. The summed E-state index contributed by atoms with van der Waals surface area (Å²) in [5, 5.41) is 32.8. The summed E-state index contributed by atoms with van der Waals surface area (Å²) in [4.78, 5) is 50.0. The van der Waals surface area contributed by atoms with Crippen molar-refractivity contribution in [2.24, 2.45) is 0 Å². The number of carbonyl (C=O) groups excluding carboxylic acids is 2. The number of halogens is 3. The number of rotatable bonds is 12. The van der Waals surface area contributed by atoms with Crippen LogP contribution in [0.15, 0.2) is 102 Å². The van der Waals surface area contributed by atoms with E-state index in [0.717, 1.165) is 11.1 Å². The molecule has 17 nitrogen and oxygen atoms in total. The van der Waals surface area contributed by atoms with Crippen molar-refractivity contribution in [3.63, 3.8) is 0 Å². The molecule has 0 radical (unpaired) electrons. The first-order valence-electron chi connectivity index (χ1n) is 19.5. The minimum atomic E-state index is -5.38. The van der Waals surface area contributed by atoms with Gasteiger partial charge in [0.2, 0.25) is 5.95 Å². The minimum Gasteiger partial charge on any atom is -0.387 e. The number of alkyl halides is 3. The lowest BCUT2D eigenvalue weighted by atomic mass is 9.91. The van der Waals surface area contributed by atoms with Crippen LogP contribution in [-0.2, 0) is 27.3 Å². The van der Waals surface area contributed by atoms with E-state index >= 15 is 0 Å². The molecule has 4 N–H and O–H groups in total. The van der Waals surface area contributed by atoms with Crippen LogP contribution in [0.3, 0.4) is 0 Å². The largest absolute Gasteiger partial charge is 0.493 e. The van der Waals surface area contributed by atoms with Crippen LogP contribution in [0.4, 0.5) is 29.7 Å². The van der Waals surface area contributed by atoms with Crippen molar-refractivity contribution in [1.82, 2.24) is 40.0 Å². The normalized spacial score (nSPS) is 20.3. The molecular formula is C41H41F3N10O7. The van der Waals surface area contributed by atoms with E-state index in [2.05, 4.69) is 25.8 Å². The third-order valence-corrected chi connectivity index (χ3v) is 10.6. The van der Waals surface area contributed by atoms with Crippen LogP contribution in [0.1, 0.15) is 59.7 Å². The number of ether oxygens (including phenoxy) is 1. The van der Waals surface area contributed by atoms with Crippen LogP contribution in [0.25, 0.3) is 11.2 Å². The predicted molar refractivity (Wildman–Crippen MR) is 210 cm³/mol. The number of aliphatic hydroxyl groups is 2. The van der Waals surface area contributed by atoms with E-state index < -0.39 is 48.8 Å². The summed E-state index contributed by atoms with van der Waals surface area (Å²) >= 11 is 0. The van der Waals surface area contributed by atoms with Gasteiger partial charge in [-0.3, -0.25) is 9.55 Å². The molecule has 2 fully saturated rings. The number of anilines is 2. The molecule has 6 heterocycles. The third kappa shape index (κ3) is 8.82. The van der Waals surface area contributed by atoms with Crippen molar-refractivity contribution in [2.75, 3.05) is 29.9 Å². The SMILES string of the molecule is CCc1cc([C@H]2O[C@@H](n3cnc4c(NCC(c5ccccc5)c5ccccc5)nc(N5CC[C@@H](N(OC(=O)C(F)(F)F)C(=O)NCc6ccncc6)C5)nc43)[C@H](O)[C@@H]2O)on1. The molecule has 2 aliphatic rings. The molecule has 2 aromatic carbocycles. The van der Waals surface area contributed by atoms with E-state index in [4.69, 9.17) is 24.1 Å². The molecule has 0 saturated carbocycles. The molecule has 0 bridgehead atoms. The zero-order valence-corrected chi connectivity index (χ0v) is 32.6. The molecule has 8 rings (SSSR count). The quantitative estimate of drug-likeness (QED) is 0.122. The van der Waals surface area contributed by atoms with Gasteiger partial charge in [-0.1, -0.05) is 72.7 Å². The number of urea groups is 1. The lowest BCUT2D eigenvalue weighted by molar-refractivity contribution is -0.232. The van der Waals surface area contributed by atoms with Crippen molar-refractivity contribution >= 4 is 34.9 Å². The standard InChI is InChI=1S/C41H41F3N10O7/c1-2-27-19-30(60-51-27)34-32(55)33(56)37(59-34)53-23-48-31-35(46-21-29(25-9-5-3-6-10-25)26-11-7-4-8-12-26)49-39(50-36(31)53)52-18-15-28(22-52)54(61-38(57)41(42,43)44)40(58)47-20-24-13-16-45-17-14-24/h3-14,16-17,19,23,28-29,32-34,37,55-56H,2,15,18,20-22H2,1H3,(H,47,58)(H,46,49,50)/t28-,32+,33-,34-,37-/m1/s1. The number of amides is 2. The molecule has 2 saturated heterocycles. The molecule has 4 aromatic heterocycles. The second-order valence-corrected chi connectivity index (χ2v) is 14.6. The van der Waals surface area contributed by atoms with E-state index in [0.29, 0.717) is 29.3 Å². The number of aromatic nitrogens is 6. The fraction of sp³-hybridized carbons (Fsp3) is 0.341. The van der Waals surface area contributed by atoms with Crippen LogP contribution in [0.2, 0.25) is 0 Å². The molecule has 0 unspecified atom stereocenters. The summed E-state index contributed by atoms with van der Waals surface area (Å²) in [5.41, 5.74) is 3.77. The fourth-order valence-corrected chi connectivity index (χ4v) is 7.40. The number of hydroxylamine groups is 2. The number of nitrogens with one attached hydrogen (secondary N) is 2. The Labute approximate surface area is 346 Å². The maximum atomic E-state index is 13.5. The Morgan fingerprint density at radius 1 is 1.00 bits per heavy atom.